The maximum Gasteiger partial charge on any atom is 0.303 e. The summed E-state index contributed by atoms with van der Waals surface area (Å²) in [6.07, 6.45) is 3.52. The highest BCUT2D eigenvalue weighted by Crippen LogP contribution is 2.37. The number of carboxylic acid groups (broad SMARTS) is 1. The van der Waals surface area contributed by atoms with Crippen molar-refractivity contribution in [2.45, 2.75) is 57.7 Å². The van der Waals surface area contributed by atoms with Gasteiger partial charge in [0.15, 0.2) is 0 Å². The summed E-state index contributed by atoms with van der Waals surface area (Å²) in [6, 6.07) is 16.3. The van der Waals surface area contributed by atoms with E-state index in [1.165, 1.54) is 19.4 Å². The second kappa shape index (κ2) is 12.7. The molecule has 1 saturated carbocycles. The van der Waals surface area contributed by atoms with E-state index < -0.39 is 5.97 Å². The van der Waals surface area contributed by atoms with E-state index in [-0.39, 0.29) is 24.1 Å². The quantitative estimate of drug-likeness (QED) is 0.466. The Hall–Kier alpha value is -2.94. The Bertz CT molecular complexity index is 1180. The molecule has 216 valence electrons. The summed E-state index contributed by atoms with van der Waals surface area (Å²) in [5.41, 5.74) is 2.79. The van der Waals surface area contributed by atoms with E-state index in [0.717, 1.165) is 49.8 Å². The van der Waals surface area contributed by atoms with Crippen molar-refractivity contribution in [3.05, 3.63) is 65.2 Å². The largest absolute Gasteiger partial charge is 0.508 e. The van der Waals surface area contributed by atoms with Crippen molar-refractivity contribution in [2.75, 3.05) is 52.4 Å². The van der Waals surface area contributed by atoms with E-state index in [1.54, 1.807) is 6.07 Å². The van der Waals surface area contributed by atoms with Crippen molar-refractivity contribution in [1.29, 1.82) is 0 Å². The van der Waals surface area contributed by atoms with Gasteiger partial charge in [-0.15, -0.1) is 0 Å². The molecule has 8 nitrogen and oxygen atoms in total. The van der Waals surface area contributed by atoms with Crippen LogP contribution in [0.2, 0.25) is 0 Å². The van der Waals surface area contributed by atoms with Gasteiger partial charge in [0.2, 0.25) is 0 Å². The van der Waals surface area contributed by atoms with Gasteiger partial charge in [-0.1, -0.05) is 24.3 Å². The number of carbonyl (C=O) groups excluding carboxylic acids is 1. The number of aliphatic carboxylic acids is 1. The standard InChI is InChI=1S/C32H44N4O4/c1-23-21-36(24(2)20-35(23)22-25-11-12-25)31(27-7-4-9-29(37)19-27)26-6-3-8-28(18-26)32(40)34-16-14-33(15-17-34)13-5-10-30(38)39/h3-4,6-9,18-19,23-25,31,37H,5,10-17,20-22H2,1-2H3,(H,38,39)/t23-,24+,31-/m1/s1. The number of hydrogen-bond acceptors (Lipinski definition) is 6. The molecular weight excluding hydrogens is 504 g/mol. The predicted octanol–water partition coefficient (Wildman–Crippen LogP) is 3.91. The van der Waals surface area contributed by atoms with Crippen LogP contribution < -0.4 is 0 Å². The van der Waals surface area contributed by atoms with Gasteiger partial charge in [0.25, 0.3) is 5.91 Å². The Morgan fingerprint density at radius 2 is 1.62 bits per heavy atom. The molecule has 3 aliphatic rings. The highest BCUT2D eigenvalue weighted by atomic mass is 16.4. The summed E-state index contributed by atoms with van der Waals surface area (Å²) in [7, 11) is 0. The lowest BCUT2D eigenvalue weighted by molar-refractivity contribution is -0.137. The van der Waals surface area contributed by atoms with Crippen LogP contribution in [0.1, 0.15) is 67.1 Å². The van der Waals surface area contributed by atoms with Crippen molar-refractivity contribution in [2.24, 2.45) is 5.92 Å². The molecule has 0 bridgehead atoms. The third kappa shape index (κ3) is 7.03. The molecule has 3 atom stereocenters. The average molecular weight is 549 g/mol. The van der Waals surface area contributed by atoms with Crippen LogP contribution in [0.25, 0.3) is 0 Å². The Morgan fingerprint density at radius 3 is 2.30 bits per heavy atom. The summed E-state index contributed by atoms with van der Waals surface area (Å²) in [4.78, 5) is 33.8. The van der Waals surface area contributed by atoms with E-state index in [2.05, 4.69) is 40.7 Å². The Morgan fingerprint density at radius 1 is 0.925 bits per heavy atom. The zero-order valence-corrected chi connectivity index (χ0v) is 23.9. The first-order chi connectivity index (χ1) is 19.3. The molecule has 0 aromatic heterocycles. The van der Waals surface area contributed by atoms with Gasteiger partial charge in [-0.3, -0.25) is 24.3 Å². The smallest absolute Gasteiger partial charge is 0.303 e. The number of amides is 1. The normalized spacial score (nSPS) is 23.7. The van der Waals surface area contributed by atoms with Crippen LogP contribution in [0.15, 0.2) is 48.5 Å². The number of aromatic hydroxyl groups is 1. The molecular formula is C32H44N4O4. The fraction of sp³-hybridized carbons (Fsp3) is 0.562. The summed E-state index contributed by atoms with van der Waals surface area (Å²) in [5.74, 6) is 0.389. The first-order valence-corrected chi connectivity index (χ1v) is 14.9. The number of phenolic OH excluding ortho intramolecular Hbond substituents is 1. The van der Waals surface area contributed by atoms with Crippen LogP contribution in [0, 0.1) is 5.92 Å². The minimum absolute atomic E-state index is 0.0392. The van der Waals surface area contributed by atoms with Gasteiger partial charge >= 0.3 is 5.97 Å². The topological polar surface area (TPSA) is 87.6 Å². The molecule has 1 aliphatic carbocycles. The molecule has 8 heteroatoms. The molecule has 5 rings (SSSR count). The van der Waals surface area contributed by atoms with E-state index in [4.69, 9.17) is 5.11 Å². The molecule has 0 spiro atoms. The van der Waals surface area contributed by atoms with Gasteiger partial charge in [0, 0.05) is 69.9 Å². The molecule has 3 fully saturated rings. The van der Waals surface area contributed by atoms with Crippen molar-refractivity contribution in [1.82, 2.24) is 19.6 Å². The fourth-order valence-corrected chi connectivity index (χ4v) is 6.39. The molecule has 0 unspecified atom stereocenters. The Kier molecular flexibility index (Phi) is 9.08. The number of carbonyl (C=O) groups is 2. The van der Waals surface area contributed by atoms with Crippen molar-refractivity contribution >= 4 is 11.9 Å². The van der Waals surface area contributed by atoms with Gasteiger partial charge < -0.3 is 15.1 Å². The number of phenols is 1. The number of rotatable bonds is 10. The first kappa shape index (κ1) is 28.6. The number of piperazine rings is 2. The number of carboxylic acids is 1. The SMILES string of the molecule is C[C@@H]1CN([C@@H](c2cccc(O)c2)c2cccc(C(=O)N3CCN(CCCC(=O)O)CC3)c2)[C@@H](C)CN1CC1CC1. The number of hydrogen-bond donors (Lipinski definition) is 2. The number of benzene rings is 2. The third-order valence-corrected chi connectivity index (χ3v) is 8.84. The monoisotopic (exact) mass is 548 g/mol. The highest BCUT2D eigenvalue weighted by molar-refractivity contribution is 5.94. The maximum atomic E-state index is 13.6. The van der Waals surface area contributed by atoms with Crippen molar-refractivity contribution < 1.29 is 19.8 Å². The van der Waals surface area contributed by atoms with Crippen LogP contribution >= 0.6 is 0 Å². The van der Waals surface area contributed by atoms with Gasteiger partial charge in [-0.2, -0.15) is 0 Å². The second-order valence-electron chi connectivity index (χ2n) is 12.0. The molecule has 40 heavy (non-hydrogen) atoms. The average Bonchev–Trinajstić information content (AvgIpc) is 3.76. The lowest BCUT2D eigenvalue weighted by Crippen LogP contribution is -2.57. The summed E-state index contributed by atoms with van der Waals surface area (Å²) in [6.45, 7) is 11.3. The Balaban J connectivity index is 1.33. The van der Waals surface area contributed by atoms with E-state index >= 15 is 0 Å². The molecule has 1 amide bonds. The second-order valence-corrected chi connectivity index (χ2v) is 12.0. The minimum Gasteiger partial charge on any atom is -0.508 e. The van der Waals surface area contributed by atoms with Gasteiger partial charge in [0.1, 0.15) is 5.75 Å². The molecule has 2 aliphatic heterocycles. The third-order valence-electron chi connectivity index (χ3n) is 8.84. The van der Waals surface area contributed by atoms with Crippen molar-refractivity contribution in [3.63, 3.8) is 0 Å². The zero-order valence-electron chi connectivity index (χ0n) is 23.9. The Labute approximate surface area is 238 Å². The van der Waals surface area contributed by atoms with E-state index in [0.29, 0.717) is 37.2 Å². The van der Waals surface area contributed by atoms with Crippen LogP contribution in [0.5, 0.6) is 5.75 Å². The molecule has 0 radical (unpaired) electrons. The van der Waals surface area contributed by atoms with Crippen molar-refractivity contribution in [3.8, 4) is 5.75 Å². The first-order valence-electron chi connectivity index (χ1n) is 14.9. The zero-order chi connectivity index (χ0) is 28.2. The maximum absolute atomic E-state index is 13.6. The molecule has 2 heterocycles. The van der Waals surface area contributed by atoms with E-state index in [1.807, 2.05) is 35.2 Å². The fourth-order valence-electron chi connectivity index (χ4n) is 6.39. The lowest BCUT2D eigenvalue weighted by atomic mass is 9.92. The van der Waals surface area contributed by atoms with E-state index in [9.17, 15) is 14.7 Å². The van der Waals surface area contributed by atoms with Gasteiger partial charge in [-0.05, 0) is 81.0 Å². The van der Waals surface area contributed by atoms with Crippen LogP contribution in [-0.4, -0.2) is 106 Å². The number of nitrogens with zero attached hydrogens (tertiary/aromatic N) is 4. The summed E-state index contributed by atoms with van der Waals surface area (Å²) < 4.78 is 0. The van der Waals surface area contributed by atoms with Crippen LogP contribution in [0.3, 0.4) is 0 Å². The van der Waals surface area contributed by atoms with Gasteiger partial charge in [0.05, 0.1) is 6.04 Å². The van der Waals surface area contributed by atoms with Gasteiger partial charge in [-0.25, -0.2) is 0 Å². The lowest BCUT2D eigenvalue weighted by Gasteiger charge is -2.48. The highest BCUT2D eigenvalue weighted by Gasteiger charge is 2.37. The predicted molar refractivity (Wildman–Crippen MR) is 156 cm³/mol. The molecule has 2 aromatic rings. The molecule has 2 aromatic carbocycles. The minimum atomic E-state index is -0.762. The summed E-state index contributed by atoms with van der Waals surface area (Å²) >= 11 is 0. The van der Waals surface area contributed by atoms with Crippen LogP contribution in [-0.2, 0) is 4.79 Å². The molecule has 2 N–H and O–H groups in total. The summed E-state index contributed by atoms with van der Waals surface area (Å²) in [5, 5.41) is 19.3. The van der Waals surface area contributed by atoms with Crippen LogP contribution in [0.4, 0.5) is 0 Å². The molecule has 2 saturated heterocycles.